The summed E-state index contributed by atoms with van der Waals surface area (Å²) in [6.07, 6.45) is 6.97. The van der Waals surface area contributed by atoms with Crippen molar-refractivity contribution in [3.8, 4) is 23.4 Å². The largest absolute Gasteiger partial charge is 0.493 e. The van der Waals surface area contributed by atoms with E-state index < -0.39 is 21.6 Å². The summed E-state index contributed by atoms with van der Waals surface area (Å²) in [6, 6.07) is 6.67. The number of rotatable bonds is 10. The average Bonchev–Trinajstić information content (AvgIpc) is 2.98. The third kappa shape index (κ3) is 7.07. The van der Waals surface area contributed by atoms with Crippen LogP contribution in [0.5, 0.6) is 5.88 Å². The zero-order chi connectivity index (χ0) is 21.3. The maximum absolute atomic E-state index is 12.3. The van der Waals surface area contributed by atoms with Crippen LogP contribution in [0.1, 0.15) is 37.7 Å². The lowest BCUT2D eigenvalue weighted by Crippen LogP contribution is -2.27. The molecule has 0 radical (unpaired) electrons. The van der Waals surface area contributed by atoms with Crippen LogP contribution >= 0.6 is 15.9 Å². The Morgan fingerprint density at radius 3 is 2.62 bits per heavy atom. The van der Waals surface area contributed by atoms with Gasteiger partial charge in [-0.15, -0.1) is 0 Å². The molecule has 0 unspecified atom stereocenters. The number of aromatic nitrogens is 2. The third-order valence-electron chi connectivity index (χ3n) is 4.08. The number of imidazole rings is 1. The van der Waals surface area contributed by atoms with Gasteiger partial charge in [-0.05, 0) is 31.0 Å². The van der Waals surface area contributed by atoms with Gasteiger partial charge in [0.2, 0.25) is 15.9 Å². The second-order valence-corrected chi connectivity index (χ2v) is 9.13. The van der Waals surface area contributed by atoms with E-state index >= 15 is 0 Å². The van der Waals surface area contributed by atoms with Gasteiger partial charge in [0.05, 0.1) is 24.7 Å². The Kier molecular flexibility index (Phi) is 9.01. The molecule has 0 saturated carbocycles. The Balaban J connectivity index is 1.96. The van der Waals surface area contributed by atoms with Gasteiger partial charge in [-0.2, -0.15) is 3.97 Å². The van der Waals surface area contributed by atoms with E-state index in [1.54, 1.807) is 24.3 Å². The first kappa shape index (κ1) is 23.3. The van der Waals surface area contributed by atoms with Crippen molar-refractivity contribution in [3.05, 3.63) is 46.5 Å². The second-order valence-electron chi connectivity index (χ2n) is 6.48. The van der Waals surface area contributed by atoms with Crippen LogP contribution in [0.15, 0.2) is 35.3 Å². The molecule has 2 rings (SSSR count). The lowest BCUT2D eigenvalue weighted by Gasteiger charge is -2.03. The number of benzene rings is 1. The molecule has 0 atom stereocenters. The lowest BCUT2D eigenvalue weighted by atomic mass is 10.2. The van der Waals surface area contributed by atoms with Gasteiger partial charge in [0.1, 0.15) is 0 Å². The topological polar surface area (TPSA) is 90.5 Å². The smallest absolute Gasteiger partial charge is 0.349 e. The summed E-state index contributed by atoms with van der Waals surface area (Å²) in [4.78, 5) is 12.3. The van der Waals surface area contributed by atoms with Crippen LogP contribution in [0.3, 0.4) is 0 Å². The maximum Gasteiger partial charge on any atom is 0.349 e. The molecule has 1 N–H and O–H groups in total. The zero-order valence-corrected chi connectivity index (χ0v) is 18.7. The van der Waals surface area contributed by atoms with Crippen molar-refractivity contribution in [1.82, 2.24) is 8.54 Å². The number of ether oxygens (including phenoxy) is 1. The van der Waals surface area contributed by atoms with Crippen molar-refractivity contribution in [2.75, 3.05) is 24.8 Å². The monoisotopic (exact) mass is 484 g/mol. The summed E-state index contributed by atoms with van der Waals surface area (Å²) in [6.45, 7) is 1.29. The molecule has 0 saturated heterocycles. The quantitative estimate of drug-likeness (QED) is 0.318. The van der Waals surface area contributed by atoms with Gasteiger partial charge in [-0.3, -0.25) is 0 Å². The number of nitrogens with zero attached hydrogens (tertiary/aromatic N) is 2. The van der Waals surface area contributed by atoms with E-state index in [2.05, 4.69) is 27.8 Å². The van der Waals surface area contributed by atoms with E-state index in [0.717, 1.165) is 41.8 Å². The van der Waals surface area contributed by atoms with Crippen LogP contribution in [0.4, 0.5) is 0 Å². The van der Waals surface area contributed by atoms with E-state index in [4.69, 9.17) is 4.74 Å². The number of hydrogen-bond acceptors (Lipinski definition) is 5. The summed E-state index contributed by atoms with van der Waals surface area (Å²) in [5, 5.41) is 11.1. The summed E-state index contributed by atoms with van der Waals surface area (Å²) in [7, 11) is -3.81. The molecular weight excluding hydrogens is 460 g/mol. The third-order valence-corrected chi connectivity index (χ3v) is 5.62. The number of halogens is 1. The van der Waals surface area contributed by atoms with Gasteiger partial charge >= 0.3 is 5.69 Å². The molecule has 1 aromatic carbocycles. The Morgan fingerprint density at radius 1 is 1.17 bits per heavy atom. The minimum absolute atomic E-state index is 0.335. The summed E-state index contributed by atoms with van der Waals surface area (Å²) < 4.78 is 30.2. The van der Waals surface area contributed by atoms with E-state index in [-0.39, 0.29) is 0 Å². The minimum Gasteiger partial charge on any atom is -0.493 e. The molecule has 9 heteroatoms. The Bertz CT molecular complexity index is 1030. The van der Waals surface area contributed by atoms with Gasteiger partial charge in [0.25, 0.3) is 0 Å². The van der Waals surface area contributed by atoms with Gasteiger partial charge in [0.15, 0.2) is 0 Å². The molecule has 29 heavy (non-hydrogen) atoms. The number of hydrogen-bond donors (Lipinski definition) is 1. The Hall–Kier alpha value is -2.02. The van der Waals surface area contributed by atoms with E-state index in [0.29, 0.717) is 28.3 Å². The molecule has 0 bridgehead atoms. The molecule has 0 amide bonds. The van der Waals surface area contributed by atoms with Crippen molar-refractivity contribution < 1.29 is 18.3 Å². The summed E-state index contributed by atoms with van der Waals surface area (Å²) in [5.74, 6) is 5.55. The van der Waals surface area contributed by atoms with Crippen molar-refractivity contribution in [2.24, 2.45) is 0 Å². The SMILES string of the molecule is CS(=O)(=O)n1cc(O)n(-c2cccc(C#CCCOCCCCCCBr)c2)c1=O. The van der Waals surface area contributed by atoms with Crippen LogP contribution in [0.2, 0.25) is 0 Å². The van der Waals surface area contributed by atoms with Crippen LogP contribution in [0.25, 0.3) is 5.69 Å². The highest BCUT2D eigenvalue weighted by Gasteiger charge is 2.18. The highest BCUT2D eigenvalue weighted by molar-refractivity contribution is 9.09. The minimum atomic E-state index is -3.81. The first-order valence-electron chi connectivity index (χ1n) is 9.31. The predicted molar refractivity (Wildman–Crippen MR) is 117 cm³/mol. The van der Waals surface area contributed by atoms with Crippen molar-refractivity contribution in [3.63, 3.8) is 0 Å². The fourth-order valence-corrected chi connectivity index (χ4v) is 3.71. The summed E-state index contributed by atoms with van der Waals surface area (Å²) >= 11 is 3.41. The summed E-state index contributed by atoms with van der Waals surface area (Å²) in [5.41, 5.74) is 0.122. The molecule has 0 aliphatic carbocycles. The van der Waals surface area contributed by atoms with E-state index in [9.17, 15) is 18.3 Å². The second kappa shape index (κ2) is 11.2. The predicted octanol–water partition coefficient (Wildman–Crippen LogP) is 2.87. The molecule has 0 aliphatic rings. The highest BCUT2D eigenvalue weighted by Crippen LogP contribution is 2.16. The zero-order valence-electron chi connectivity index (χ0n) is 16.3. The first-order valence-corrected chi connectivity index (χ1v) is 12.3. The lowest BCUT2D eigenvalue weighted by molar-refractivity contribution is 0.135. The van der Waals surface area contributed by atoms with E-state index in [1.807, 2.05) is 0 Å². The average molecular weight is 485 g/mol. The van der Waals surface area contributed by atoms with Crippen molar-refractivity contribution in [2.45, 2.75) is 32.1 Å². The highest BCUT2D eigenvalue weighted by atomic mass is 79.9. The molecular formula is C20H25BrN2O5S. The standard InChI is InChI=1S/C20H25BrN2O5S/c1-29(26,27)22-16-19(24)23(20(22)25)18-11-8-10-17(15-18)9-4-7-14-28-13-6-3-2-5-12-21/h8,10-11,15-16,24H,2-3,5-7,12-14H2,1H3. The number of unbranched alkanes of at least 4 members (excludes halogenated alkanes) is 3. The van der Waals surface area contributed by atoms with Gasteiger partial charge in [-0.25, -0.2) is 17.8 Å². The fourth-order valence-electron chi connectivity index (χ4n) is 2.66. The van der Waals surface area contributed by atoms with Crippen molar-refractivity contribution in [1.29, 1.82) is 0 Å². The van der Waals surface area contributed by atoms with Crippen molar-refractivity contribution >= 4 is 26.0 Å². The van der Waals surface area contributed by atoms with Crippen LogP contribution < -0.4 is 5.69 Å². The normalized spacial score (nSPS) is 11.2. The molecule has 158 valence electrons. The van der Waals surface area contributed by atoms with Gasteiger partial charge in [-0.1, -0.05) is 46.7 Å². The molecule has 0 fully saturated rings. The molecule has 1 heterocycles. The van der Waals surface area contributed by atoms with E-state index in [1.165, 1.54) is 12.8 Å². The molecule has 2 aromatic rings. The molecule has 1 aromatic heterocycles. The number of aromatic hydroxyl groups is 1. The van der Waals surface area contributed by atoms with Crippen LogP contribution in [-0.4, -0.2) is 46.9 Å². The van der Waals surface area contributed by atoms with Gasteiger partial charge in [0, 0.05) is 23.9 Å². The fraction of sp³-hybridized carbons (Fsp3) is 0.450. The van der Waals surface area contributed by atoms with Crippen LogP contribution in [-0.2, 0) is 14.8 Å². The number of alkyl halides is 1. The molecule has 0 aliphatic heterocycles. The first-order chi connectivity index (χ1) is 13.8. The Morgan fingerprint density at radius 2 is 1.93 bits per heavy atom. The Labute approximate surface area is 179 Å². The molecule has 0 spiro atoms. The molecule has 7 nitrogen and oxygen atoms in total. The van der Waals surface area contributed by atoms with Crippen LogP contribution in [0, 0.1) is 11.8 Å². The maximum atomic E-state index is 12.3. The van der Waals surface area contributed by atoms with Gasteiger partial charge < -0.3 is 9.84 Å².